The van der Waals surface area contributed by atoms with E-state index >= 15 is 0 Å². The fourth-order valence-electron chi connectivity index (χ4n) is 2.05. The van der Waals surface area contributed by atoms with Crippen LogP contribution in [0.4, 0.5) is 5.69 Å². The molecule has 0 saturated carbocycles. The van der Waals surface area contributed by atoms with Crippen molar-refractivity contribution in [2.24, 2.45) is 0 Å². The lowest BCUT2D eigenvalue weighted by atomic mass is 10.1. The van der Waals surface area contributed by atoms with Gasteiger partial charge in [0.25, 0.3) is 0 Å². The summed E-state index contributed by atoms with van der Waals surface area (Å²) in [4.78, 5) is 12.2. The highest BCUT2D eigenvalue weighted by Gasteiger charge is 2.15. The molecule has 21 heavy (non-hydrogen) atoms. The average Bonchev–Trinajstić information content (AvgIpc) is 2.50. The molecule has 0 aliphatic carbocycles. The quantitative estimate of drug-likeness (QED) is 0.830. The van der Waals surface area contributed by atoms with E-state index in [4.69, 9.17) is 4.74 Å². The molecule has 1 amide bonds. The maximum absolute atomic E-state index is 12.2. The van der Waals surface area contributed by atoms with Crippen LogP contribution in [0.5, 0.6) is 5.75 Å². The number of hydrogen-bond donors (Lipinski definition) is 2. The van der Waals surface area contributed by atoms with Crippen molar-refractivity contribution < 1.29 is 9.53 Å². The highest BCUT2D eigenvalue weighted by atomic mass is 32.1. The number of aryl methyl sites for hydroxylation is 1. The van der Waals surface area contributed by atoms with E-state index in [0.717, 1.165) is 22.6 Å². The molecule has 2 aromatic carbocycles. The molecule has 4 heteroatoms. The molecular formula is C17H19NO2S. The molecule has 0 fully saturated rings. The zero-order valence-electron chi connectivity index (χ0n) is 12.2. The van der Waals surface area contributed by atoms with Gasteiger partial charge in [-0.1, -0.05) is 30.3 Å². The lowest BCUT2D eigenvalue weighted by Gasteiger charge is -2.14. The number of benzene rings is 2. The van der Waals surface area contributed by atoms with E-state index in [2.05, 4.69) is 17.9 Å². The third kappa shape index (κ3) is 4.26. The standard InChI is InChI=1S/C17H19NO2S/c1-12-10-14(20-2)8-9-15(12)18-17(19)16(21)11-13-6-4-3-5-7-13/h3-10,16,21H,11H2,1-2H3,(H,18,19). The van der Waals surface area contributed by atoms with E-state index < -0.39 is 0 Å². The van der Waals surface area contributed by atoms with Crippen molar-refractivity contribution in [1.29, 1.82) is 0 Å². The summed E-state index contributed by atoms with van der Waals surface area (Å²) in [5, 5.41) is 2.53. The zero-order valence-corrected chi connectivity index (χ0v) is 13.1. The Morgan fingerprint density at radius 1 is 1.24 bits per heavy atom. The average molecular weight is 301 g/mol. The van der Waals surface area contributed by atoms with Gasteiger partial charge in [-0.05, 0) is 42.7 Å². The van der Waals surface area contributed by atoms with Crippen LogP contribution in [0.3, 0.4) is 0 Å². The van der Waals surface area contributed by atoms with Gasteiger partial charge in [-0.3, -0.25) is 4.79 Å². The van der Waals surface area contributed by atoms with E-state index in [0.29, 0.717) is 6.42 Å². The van der Waals surface area contributed by atoms with Gasteiger partial charge in [-0.15, -0.1) is 0 Å². The van der Waals surface area contributed by atoms with Crippen LogP contribution in [0.15, 0.2) is 48.5 Å². The topological polar surface area (TPSA) is 38.3 Å². The van der Waals surface area contributed by atoms with Gasteiger partial charge in [0.1, 0.15) is 5.75 Å². The fraction of sp³-hybridized carbons (Fsp3) is 0.235. The highest BCUT2D eigenvalue weighted by molar-refractivity contribution is 7.81. The Labute approximate surface area is 130 Å². The summed E-state index contributed by atoms with van der Waals surface area (Å²) in [5.74, 6) is 0.674. The van der Waals surface area contributed by atoms with E-state index in [9.17, 15) is 4.79 Å². The number of hydrogen-bond acceptors (Lipinski definition) is 3. The van der Waals surface area contributed by atoms with Crippen LogP contribution < -0.4 is 10.1 Å². The van der Waals surface area contributed by atoms with E-state index in [1.165, 1.54) is 0 Å². The number of methoxy groups -OCH3 is 1. The summed E-state index contributed by atoms with van der Waals surface area (Å²) >= 11 is 4.40. The maximum atomic E-state index is 12.2. The molecule has 2 aromatic rings. The van der Waals surface area contributed by atoms with E-state index in [1.54, 1.807) is 7.11 Å². The number of anilines is 1. The first-order chi connectivity index (χ1) is 10.1. The first-order valence-corrected chi connectivity index (χ1v) is 7.29. The first kappa shape index (κ1) is 15.4. The van der Waals surface area contributed by atoms with Crippen LogP contribution in [0.1, 0.15) is 11.1 Å². The number of nitrogens with one attached hydrogen (secondary N) is 1. The van der Waals surface area contributed by atoms with Crippen LogP contribution in [-0.4, -0.2) is 18.3 Å². The number of carbonyl (C=O) groups is 1. The van der Waals surface area contributed by atoms with Crippen molar-refractivity contribution in [3.05, 3.63) is 59.7 Å². The number of ether oxygens (including phenoxy) is 1. The molecule has 0 bridgehead atoms. The maximum Gasteiger partial charge on any atom is 0.237 e. The van der Waals surface area contributed by atoms with Crippen LogP contribution in [-0.2, 0) is 11.2 Å². The van der Waals surface area contributed by atoms with Crippen molar-refractivity contribution in [2.75, 3.05) is 12.4 Å². The van der Waals surface area contributed by atoms with Crippen LogP contribution in [0, 0.1) is 6.92 Å². The Balaban J connectivity index is 2.00. The minimum absolute atomic E-state index is 0.101. The highest BCUT2D eigenvalue weighted by Crippen LogP contribution is 2.21. The minimum Gasteiger partial charge on any atom is -0.497 e. The molecule has 0 heterocycles. The second-order valence-corrected chi connectivity index (χ2v) is 5.50. The smallest absolute Gasteiger partial charge is 0.237 e. The Kier molecular flexibility index (Phi) is 5.28. The van der Waals surface area contributed by atoms with Crippen LogP contribution in [0.2, 0.25) is 0 Å². The van der Waals surface area contributed by atoms with Gasteiger partial charge in [0.15, 0.2) is 0 Å². The van der Waals surface area contributed by atoms with Crippen molar-refractivity contribution >= 4 is 24.2 Å². The summed E-state index contributed by atoms with van der Waals surface area (Å²) in [7, 11) is 1.62. The Hall–Kier alpha value is -1.94. The van der Waals surface area contributed by atoms with Gasteiger partial charge >= 0.3 is 0 Å². The van der Waals surface area contributed by atoms with Gasteiger partial charge < -0.3 is 10.1 Å². The first-order valence-electron chi connectivity index (χ1n) is 6.77. The molecule has 1 unspecified atom stereocenters. The van der Waals surface area contributed by atoms with Gasteiger partial charge in [0.05, 0.1) is 12.4 Å². The summed E-state index contributed by atoms with van der Waals surface area (Å²) in [6, 6.07) is 15.4. The predicted octanol–water partition coefficient (Wildman–Crippen LogP) is 3.48. The number of carbonyl (C=O) groups excluding carboxylic acids is 1. The molecule has 1 N–H and O–H groups in total. The second kappa shape index (κ2) is 7.18. The third-order valence-corrected chi connectivity index (χ3v) is 3.68. The molecule has 0 aromatic heterocycles. The van der Waals surface area contributed by atoms with Crippen molar-refractivity contribution in [1.82, 2.24) is 0 Å². The Bertz CT molecular complexity index is 613. The third-order valence-electron chi connectivity index (χ3n) is 3.27. The molecule has 1 atom stereocenters. The van der Waals surface area contributed by atoms with Gasteiger partial charge in [-0.2, -0.15) is 12.6 Å². The fourth-order valence-corrected chi connectivity index (χ4v) is 2.32. The summed E-state index contributed by atoms with van der Waals surface area (Å²) < 4.78 is 5.15. The molecule has 0 aliphatic heterocycles. The summed E-state index contributed by atoms with van der Waals surface area (Å²) in [6.07, 6.45) is 0.602. The SMILES string of the molecule is COc1ccc(NC(=O)C(S)Cc2ccccc2)c(C)c1. The molecule has 0 radical (unpaired) electrons. The monoisotopic (exact) mass is 301 g/mol. The predicted molar refractivity (Wildman–Crippen MR) is 89.3 cm³/mol. The van der Waals surface area contributed by atoms with Crippen LogP contribution in [0.25, 0.3) is 0 Å². The zero-order chi connectivity index (χ0) is 15.2. The molecule has 3 nitrogen and oxygen atoms in total. The minimum atomic E-state index is -0.381. The number of rotatable bonds is 5. The number of amides is 1. The lowest BCUT2D eigenvalue weighted by Crippen LogP contribution is -2.25. The van der Waals surface area contributed by atoms with Crippen molar-refractivity contribution in [3.8, 4) is 5.75 Å². The Morgan fingerprint density at radius 2 is 1.95 bits per heavy atom. The molecule has 0 aliphatic rings. The van der Waals surface area contributed by atoms with E-state index in [1.807, 2.05) is 55.5 Å². The molecule has 2 rings (SSSR count). The Morgan fingerprint density at radius 3 is 2.57 bits per heavy atom. The lowest BCUT2D eigenvalue weighted by molar-refractivity contribution is -0.115. The van der Waals surface area contributed by atoms with Crippen LogP contribution >= 0.6 is 12.6 Å². The molecule has 0 saturated heterocycles. The van der Waals surface area contributed by atoms with Crippen molar-refractivity contribution in [2.45, 2.75) is 18.6 Å². The second-order valence-electron chi connectivity index (χ2n) is 4.88. The molecular weight excluding hydrogens is 282 g/mol. The van der Waals surface area contributed by atoms with E-state index in [-0.39, 0.29) is 11.2 Å². The normalized spacial score (nSPS) is 11.8. The van der Waals surface area contributed by atoms with Gasteiger partial charge in [0, 0.05) is 5.69 Å². The largest absolute Gasteiger partial charge is 0.497 e. The molecule has 0 spiro atoms. The summed E-state index contributed by atoms with van der Waals surface area (Å²) in [6.45, 7) is 1.93. The molecule has 110 valence electrons. The van der Waals surface area contributed by atoms with Gasteiger partial charge in [0.2, 0.25) is 5.91 Å². The van der Waals surface area contributed by atoms with Crippen molar-refractivity contribution in [3.63, 3.8) is 0 Å². The number of thiol groups is 1. The van der Waals surface area contributed by atoms with Gasteiger partial charge in [-0.25, -0.2) is 0 Å². The summed E-state index contributed by atoms with van der Waals surface area (Å²) in [5.41, 5.74) is 2.84.